The van der Waals surface area contributed by atoms with Gasteiger partial charge in [0.2, 0.25) is 0 Å². The zero-order chi connectivity index (χ0) is 20.3. The van der Waals surface area contributed by atoms with Crippen LogP contribution in [0.15, 0.2) is 29.2 Å². The third kappa shape index (κ3) is 2.72. The number of hydrogen-bond acceptors (Lipinski definition) is 5. The molecule has 0 saturated carbocycles. The molecule has 4 aromatic heterocycles. The zero-order valence-corrected chi connectivity index (χ0v) is 16.5. The van der Waals surface area contributed by atoms with Crippen molar-refractivity contribution in [1.82, 2.24) is 34.1 Å². The van der Waals surface area contributed by atoms with E-state index in [0.29, 0.717) is 29.1 Å². The number of aryl methyl sites for hydroxylation is 3. The van der Waals surface area contributed by atoms with E-state index in [1.54, 1.807) is 17.6 Å². The number of nitrogens with one attached hydrogen (secondary N) is 1. The Kier molecular flexibility index (Phi) is 3.80. The van der Waals surface area contributed by atoms with Crippen LogP contribution in [0.25, 0.3) is 11.3 Å². The molecule has 0 spiro atoms. The van der Waals surface area contributed by atoms with Gasteiger partial charge in [-0.1, -0.05) is 0 Å². The normalized spacial score (nSPS) is 16.9. The Morgan fingerprint density at radius 2 is 1.93 bits per heavy atom. The monoisotopic (exact) mass is 391 g/mol. The highest BCUT2D eigenvalue weighted by atomic mass is 16.2. The summed E-state index contributed by atoms with van der Waals surface area (Å²) in [5.74, 6) is -0.102. The van der Waals surface area contributed by atoms with Crippen LogP contribution in [0.1, 0.15) is 52.0 Å². The Morgan fingerprint density at radius 3 is 2.76 bits per heavy atom. The molecule has 1 atom stereocenters. The van der Waals surface area contributed by atoms with Gasteiger partial charge in [0.25, 0.3) is 11.5 Å². The molecule has 1 N–H and O–H groups in total. The van der Waals surface area contributed by atoms with Crippen LogP contribution in [0.3, 0.4) is 0 Å². The number of nitrogens with zero attached hydrogens (tertiary/aromatic N) is 6. The van der Waals surface area contributed by atoms with Crippen molar-refractivity contribution in [3.05, 3.63) is 63.1 Å². The van der Waals surface area contributed by atoms with E-state index in [2.05, 4.69) is 20.2 Å². The van der Waals surface area contributed by atoms with Crippen molar-refractivity contribution in [3.63, 3.8) is 0 Å². The first-order chi connectivity index (χ1) is 13.9. The SMILES string of the molecule is Cc1cc(C)n2ncc(C(=O)N3CCCC3c3cc4nc(C)cc(=O)n4[nH]3)c2n1. The lowest BCUT2D eigenvalue weighted by atomic mass is 10.1. The first-order valence-electron chi connectivity index (χ1n) is 9.64. The van der Waals surface area contributed by atoms with E-state index in [0.717, 1.165) is 29.9 Å². The summed E-state index contributed by atoms with van der Waals surface area (Å²) in [6, 6.07) is 5.13. The van der Waals surface area contributed by atoms with Crippen LogP contribution in [0.4, 0.5) is 0 Å². The standard InChI is InChI=1S/C20H21N7O2/c1-11-7-13(3)26-19(23-11)14(10-21-26)20(29)25-6-4-5-16(25)15-9-17-22-12(2)8-18(28)27(17)24-15/h7-10,16,24H,4-6H2,1-3H3. The summed E-state index contributed by atoms with van der Waals surface area (Å²) in [5.41, 5.74) is 4.72. The van der Waals surface area contributed by atoms with Crippen LogP contribution < -0.4 is 5.56 Å². The van der Waals surface area contributed by atoms with E-state index in [1.165, 1.54) is 10.6 Å². The largest absolute Gasteiger partial charge is 0.330 e. The fourth-order valence-electron chi connectivity index (χ4n) is 4.21. The molecule has 0 aromatic carbocycles. The quantitative estimate of drug-likeness (QED) is 0.563. The Balaban J connectivity index is 1.55. The molecule has 0 radical (unpaired) electrons. The van der Waals surface area contributed by atoms with Gasteiger partial charge >= 0.3 is 0 Å². The molecular formula is C20H21N7O2. The summed E-state index contributed by atoms with van der Waals surface area (Å²) in [6.45, 7) is 6.28. The van der Waals surface area contributed by atoms with Crippen LogP contribution in [-0.2, 0) is 0 Å². The van der Waals surface area contributed by atoms with Crippen molar-refractivity contribution in [2.45, 2.75) is 39.7 Å². The van der Waals surface area contributed by atoms with E-state index >= 15 is 0 Å². The summed E-state index contributed by atoms with van der Waals surface area (Å²) in [7, 11) is 0. The number of aromatic amines is 1. The maximum atomic E-state index is 13.4. The number of likely N-dealkylation sites (tertiary alicyclic amines) is 1. The lowest BCUT2D eigenvalue weighted by molar-refractivity contribution is 0.0734. The molecule has 1 unspecified atom stereocenters. The van der Waals surface area contributed by atoms with Crippen LogP contribution in [0, 0.1) is 20.8 Å². The van der Waals surface area contributed by atoms with Crippen LogP contribution in [0.2, 0.25) is 0 Å². The van der Waals surface area contributed by atoms with Gasteiger partial charge in [0.15, 0.2) is 11.3 Å². The van der Waals surface area contributed by atoms with Gasteiger partial charge in [-0.05, 0) is 39.7 Å². The molecule has 5 rings (SSSR count). The summed E-state index contributed by atoms with van der Waals surface area (Å²) in [5, 5.41) is 7.48. The molecular weight excluding hydrogens is 370 g/mol. The van der Waals surface area contributed by atoms with Gasteiger partial charge in [-0.15, -0.1) is 0 Å². The molecule has 9 heteroatoms. The van der Waals surface area contributed by atoms with Crippen molar-refractivity contribution in [2.75, 3.05) is 6.54 Å². The molecule has 29 heavy (non-hydrogen) atoms. The number of hydrogen-bond donors (Lipinski definition) is 1. The first kappa shape index (κ1) is 17.6. The first-order valence-corrected chi connectivity index (χ1v) is 9.64. The third-order valence-corrected chi connectivity index (χ3v) is 5.48. The third-order valence-electron chi connectivity index (χ3n) is 5.48. The molecule has 4 aromatic rings. The van der Waals surface area contributed by atoms with Gasteiger partial charge in [0.05, 0.1) is 17.9 Å². The minimum Gasteiger partial charge on any atom is -0.330 e. The van der Waals surface area contributed by atoms with Gasteiger partial charge < -0.3 is 4.90 Å². The maximum Gasteiger partial charge on any atom is 0.272 e. The number of rotatable bonds is 2. The number of fused-ring (bicyclic) bond motifs is 2. The molecule has 1 saturated heterocycles. The molecule has 9 nitrogen and oxygen atoms in total. The van der Waals surface area contributed by atoms with Crippen molar-refractivity contribution >= 4 is 17.2 Å². The molecule has 1 fully saturated rings. The predicted octanol–water partition coefficient (Wildman–Crippen LogP) is 1.97. The van der Waals surface area contributed by atoms with E-state index in [9.17, 15) is 9.59 Å². The Labute approximate surface area is 166 Å². The maximum absolute atomic E-state index is 13.4. The number of carbonyl (C=O) groups is 1. The van der Waals surface area contributed by atoms with E-state index in [4.69, 9.17) is 0 Å². The summed E-state index contributed by atoms with van der Waals surface area (Å²) < 4.78 is 3.12. The Bertz CT molecular complexity index is 1330. The van der Waals surface area contributed by atoms with Crippen molar-refractivity contribution in [2.24, 2.45) is 0 Å². The summed E-state index contributed by atoms with van der Waals surface area (Å²) in [6.07, 6.45) is 3.29. The highest BCUT2D eigenvalue weighted by molar-refractivity contribution is 6.00. The molecule has 5 heterocycles. The van der Waals surface area contributed by atoms with Gasteiger partial charge in [-0.3, -0.25) is 14.7 Å². The van der Waals surface area contributed by atoms with Crippen molar-refractivity contribution in [1.29, 1.82) is 0 Å². The minimum atomic E-state index is -0.160. The lowest BCUT2D eigenvalue weighted by Crippen LogP contribution is -2.31. The number of amides is 1. The Morgan fingerprint density at radius 1 is 1.14 bits per heavy atom. The zero-order valence-electron chi connectivity index (χ0n) is 16.5. The molecule has 1 amide bonds. The highest BCUT2D eigenvalue weighted by Crippen LogP contribution is 2.33. The minimum absolute atomic E-state index is 0.102. The number of aromatic nitrogens is 6. The fraction of sp³-hybridized carbons (Fsp3) is 0.350. The van der Waals surface area contributed by atoms with Gasteiger partial charge in [-0.2, -0.15) is 5.10 Å². The molecule has 1 aliphatic rings. The van der Waals surface area contributed by atoms with E-state index in [-0.39, 0.29) is 17.5 Å². The fourth-order valence-corrected chi connectivity index (χ4v) is 4.21. The van der Waals surface area contributed by atoms with Crippen molar-refractivity contribution in [3.8, 4) is 0 Å². The second-order valence-electron chi connectivity index (χ2n) is 7.63. The number of H-pyrrole nitrogens is 1. The van der Waals surface area contributed by atoms with Gasteiger partial charge in [0, 0.05) is 35.8 Å². The molecule has 1 aliphatic heterocycles. The van der Waals surface area contributed by atoms with Gasteiger partial charge in [0.1, 0.15) is 5.56 Å². The average Bonchev–Trinajstić information content (AvgIpc) is 3.38. The second kappa shape index (κ2) is 6.26. The highest BCUT2D eigenvalue weighted by Gasteiger charge is 2.33. The van der Waals surface area contributed by atoms with Gasteiger partial charge in [-0.25, -0.2) is 19.0 Å². The smallest absolute Gasteiger partial charge is 0.272 e. The van der Waals surface area contributed by atoms with Crippen LogP contribution in [0.5, 0.6) is 0 Å². The Hall–Kier alpha value is -3.49. The van der Waals surface area contributed by atoms with Crippen LogP contribution >= 0.6 is 0 Å². The topological polar surface area (TPSA) is 101 Å². The summed E-state index contributed by atoms with van der Waals surface area (Å²) in [4.78, 5) is 36.4. The molecule has 148 valence electrons. The van der Waals surface area contributed by atoms with Crippen molar-refractivity contribution < 1.29 is 4.79 Å². The summed E-state index contributed by atoms with van der Waals surface area (Å²) >= 11 is 0. The lowest BCUT2D eigenvalue weighted by Gasteiger charge is -2.23. The second-order valence-corrected chi connectivity index (χ2v) is 7.63. The van der Waals surface area contributed by atoms with E-state index < -0.39 is 0 Å². The van der Waals surface area contributed by atoms with Crippen LogP contribution in [-0.4, -0.2) is 46.5 Å². The van der Waals surface area contributed by atoms with E-state index in [1.807, 2.05) is 30.9 Å². The number of carbonyl (C=O) groups excluding carboxylic acids is 1. The average molecular weight is 391 g/mol. The molecule has 0 aliphatic carbocycles. The predicted molar refractivity (Wildman–Crippen MR) is 106 cm³/mol. The molecule has 0 bridgehead atoms.